The maximum atomic E-state index is 11.2. The Hall–Kier alpha value is -1.23. The number of carbonyl (C=O) groups is 2. The van der Waals surface area contributed by atoms with Crippen molar-refractivity contribution < 1.29 is 14.7 Å². The average Bonchev–Trinajstić information content (AvgIpc) is 2.16. The van der Waals surface area contributed by atoms with Crippen LogP contribution in [0.3, 0.4) is 0 Å². The second-order valence-electron chi connectivity index (χ2n) is 3.30. The molecule has 0 aromatic rings. The van der Waals surface area contributed by atoms with Crippen molar-refractivity contribution in [2.75, 3.05) is 5.75 Å². The maximum absolute atomic E-state index is 11.2. The van der Waals surface area contributed by atoms with E-state index in [0.29, 0.717) is 12.2 Å². The van der Waals surface area contributed by atoms with Crippen LogP contribution in [0, 0.1) is 0 Å². The van der Waals surface area contributed by atoms with Gasteiger partial charge >= 0.3 is 5.30 Å². The van der Waals surface area contributed by atoms with Crippen molar-refractivity contribution in [3.8, 4) is 0 Å². The molecule has 1 N–H and O–H groups in total. The van der Waals surface area contributed by atoms with Gasteiger partial charge in [-0.2, -0.15) is 0 Å². The van der Waals surface area contributed by atoms with E-state index < -0.39 is 16.2 Å². The molecule has 0 aliphatic carbocycles. The van der Waals surface area contributed by atoms with Crippen LogP contribution in [0.15, 0.2) is 24.4 Å². The lowest BCUT2D eigenvalue weighted by atomic mass is 10.2. The van der Waals surface area contributed by atoms with Gasteiger partial charge in [0.15, 0.2) is 0 Å². The summed E-state index contributed by atoms with van der Waals surface area (Å²) in [6, 6.07) is 0. The van der Waals surface area contributed by atoms with Crippen LogP contribution in [-0.2, 0) is 4.79 Å². The van der Waals surface area contributed by atoms with Gasteiger partial charge in [0.2, 0.25) is 5.91 Å². The molecule has 14 heavy (non-hydrogen) atoms. The van der Waals surface area contributed by atoms with E-state index in [2.05, 4.69) is 6.58 Å². The van der Waals surface area contributed by atoms with Crippen LogP contribution in [-0.4, -0.2) is 32.3 Å². The fraction of sp³-hybridized carbons (Fsp3) is 0.333. The van der Waals surface area contributed by atoms with Crippen LogP contribution < -0.4 is 0 Å². The molecule has 2 rings (SSSR count). The highest BCUT2D eigenvalue weighted by Crippen LogP contribution is 2.47. The fourth-order valence-electron chi connectivity index (χ4n) is 1.67. The van der Waals surface area contributed by atoms with Crippen molar-refractivity contribution in [1.82, 2.24) is 4.90 Å². The first-order valence-electron chi connectivity index (χ1n) is 4.27. The van der Waals surface area contributed by atoms with E-state index in [1.807, 2.05) is 0 Å². The number of hydrogen-bond donors (Lipinski definition) is 2. The Labute approximate surface area is 84.2 Å². The number of β-lactam (4-membered cyclic amide) rings is 1. The van der Waals surface area contributed by atoms with Gasteiger partial charge in [-0.3, -0.25) is 4.79 Å². The lowest BCUT2D eigenvalue weighted by molar-refractivity contribution is -0.137. The number of fused-ring (bicyclic) bond motifs is 1. The normalized spacial score (nSPS) is 32.7. The molecular formula is C9H11NO3S. The van der Waals surface area contributed by atoms with Crippen LogP contribution in [0.4, 0.5) is 4.79 Å². The predicted molar refractivity (Wildman–Crippen MR) is 55.4 cm³/mol. The molecule has 2 atom stereocenters. The van der Waals surface area contributed by atoms with E-state index in [9.17, 15) is 9.59 Å². The highest BCUT2D eigenvalue weighted by atomic mass is 32.2. The second kappa shape index (κ2) is 3.16. The Kier molecular flexibility index (Phi) is 2.11. The quantitative estimate of drug-likeness (QED) is 0.510. The molecule has 2 aliphatic rings. The van der Waals surface area contributed by atoms with Crippen molar-refractivity contribution in [3.05, 3.63) is 24.4 Å². The van der Waals surface area contributed by atoms with Gasteiger partial charge in [0.05, 0.1) is 11.8 Å². The third-order valence-electron chi connectivity index (χ3n) is 2.49. The molecular weight excluding hydrogens is 202 g/mol. The number of nitrogens with zero attached hydrogens (tertiary/aromatic N) is 1. The summed E-state index contributed by atoms with van der Waals surface area (Å²) in [5.74, 6) is 0.561. The maximum Gasteiger partial charge on any atom is 0.346 e. The van der Waals surface area contributed by atoms with Gasteiger partial charge in [0.25, 0.3) is 0 Å². The van der Waals surface area contributed by atoms with Crippen molar-refractivity contribution in [1.29, 1.82) is 0 Å². The summed E-state index contributed by atoms with van der Waals surface area (Å²) in [7, 11) is -1.13. The Balaban J connectivity index is 2.26. The topological polar surface area (TPSA) is 57.6 Å². The monoisotopic (exact) mass is 213 g/mol. The zero-order chi connectivity index (χ0) is 10.3. The largest absolute Gasteiger partial charge is 0.474 e. The first-order chi connectivity index (χ1) is 6.63. The Bertz CT molecular complexity index is 350. The summed E-state index contributed by atoms with van der Waals surface area (Å²) in [4.78, 5) is 23.6. The summed E-state index contributed by atoms with van der Waals surface area (Å²) >= 11 is 0. The highest BCUT2D eigenvalue weighted by molar-refractivity contribution is 8.30. The van der Waals surface area contributed by atoms with Gasteiger partial charge in [-0.25, -0.2) is 4.79 Å². The van der Waals surface area contributed by atoms with E-state index in [-0.39, 0.29) is 11.3 Å². The van der Waals surface area contributed by atoms with Crippen LogP contribution >= 0.6 is 10.9 Å². The van der Waals surface area contributed by atoms with Crippen LogP contribution in [0.5, 0.6) is 0 Å². The second-order valence-corrected chi connectivity index (χ2v) is 5.54. The minimum absolute atomic E-state index is 0.0165. The standard InChI is InChI=1S/C9H11NO3S/c1-2-6-4-10-7(11)3-8(10)14(5-6)9(12)13/h2,4,8,14H,1,3,5H2,(H,12,13). The molecule has 5 heteroatoms. The average molecular weight is 213 g/mol. The number of thiol groups is 1. The highest BCUT2D eigenvalue weighted by Gasteiger charge is 2.43. The lowest BCUT2D eigenvalue weighted by Gasteiger charge is -2.46. The SMILES string of the molecule is C=CC1=CN2C(=O)CC2[SH](C(=O)O)C1. The number of carbonyl (C=O) groups excluding carboxylic acids is 1. The molecule has 0 aromatic carbocycles. The summed E-state index contributed by atoms with van der Waals surface area (Å²) in [6.07, 6.45) is 3.74. The Morgan fingerprint density at radius 3 is 3.00 bits per heavy atom. The third-order valence-corrected chi connectivity index (χ3v) is 4.84. The predicted octanol–water partition coefficient (Wildman–Crippen LogP) is 1.31. The molecule has 0 spiro atoms. The third kappa shape index (κ3) is 1.24. The van der Waals surface area contributed by atoms with Crippen LogP contribution in [0.2, 0.25) is 0 Å². The van der Waals surface area contributed by atoms with Crippen LogP contribution in [0.25, 0.3) is 0 Å². The number of carboxylic acid groups (broad SMARTS) is 1. The van der Waals surface area contributed by atoms with Crippen LogP contribution in [0.1, 0.15) is 6.42 Å². The van der Waals surface area contributed by atoms with Gasteiger partial charge in [0.1, 0.15) is 0 Å². The Morgan fingerprint density at radius 2 is 2.50 bits per heavy atom. The summed E-state index contributed by atoms with van der Waals surface area (Å²) in [5, 5.41) is 8.15. The molecule has 4 nitrogen and oxygen atoms in total. The molecule has 76 valence electrons. The van der Waals surface area contributed by atoms with E-state index in [0.717, 1.165) is 5.57 Å². The van der Waals surface area contributed by atoms with Crippen molar-refractivity contribution in [2.24, 2.45) is 0 Å². The van der Waals surface area contributed by atoms with Gasteiger partial charge in [-0.15, -0.1) is 10.9 Å². The molecule has 2 aliphatic heterocycles. The first-order valence-corrected chi connectivity index (χ1v) is 5.87. The zero-order valence-corrected chi connectivity index (χ0v) is 8.41. The van der Waals surface area contributed by atoms with E-state index in [4.69, 9.17) is 5.11 Å². The molecule has 1 saturated heterocycles. The smallest absolute Gasteiger partial charge is 0.346 e. The minimum Gasteiger partial charge on any atom is -0.474 e. The molecule has 1 fully saturated rings. The number of amides is 1. The molecule has 2 unspecified atom stereocenters. The van der Waals surface area contributed by atoms with Gasteiger partial charge in [-0.1, -0.05) is 12.7 Å². The molecule has 1 amide bonds. The van der Waals surface area contributed by atoms with Gasteiger partial charge < -0.3 is 10.0 Å². The molecule has 0 bridgehead atoms. The van der Waals surface area contributed by atoms with E-state index in [1.165, 1.54) is 0 Å². The molecule has 0 saturated carbocycles. The minimum atomic E-state index is -1.13. The number of rotatable bonds is 1. The van der Waals surface area contributed by atoms with E-state index in [1.54, 1.807) is 17.2 Å². The van der Waals surface area contributed by atoms with Gasteiger partial charge in [0, 0.05) is 12.0 Å². The molecule has 2 heterocycles. The summed E-state index contributed by atoms with van der Waals surface area (Å²) in [6.45, 7) is 3.60. The van der Waals surface area contributed by atoms with Crippen molar-refractivity contribution >= 4 is 22.1 Å². The van der Waals surface area contributed by atoms with Crippen molar-refractivity contribution in [3.63, 3.8) is 0 Å². The first kappa shape index (κ1) is 9.33. The van der Waals surface area contributed by atoms with Crippen molar-refractivity contribution in [2.45, 2.75) is 11.8 Å². The fourth-order valence-corrected chi connectivity index (χ4v) is 3.74. The summed E-state index contributed by atoms with van der Waals surface area (Å²) < 4.78 is 0. The Morgan fingerprint density at radius 1 is 1.79 bits per heavy atom. The van der Waals surface area contributed by atoms with Gasteiger partial charge in [-0.05, 0) is 5.57 Å². The lowest BCUT2D eigenvalue weighted by Crippen LogP contribution is -2.52. The molecule has 0 aromatic heterocycles. The number of allylic oxidation sites excluding steroid dienone is 1. The molecule has 0 radical (unpaired) electrons. The van der Waals surface area contributed by atoms with E-state index >= 15 is 0 Å². The summed E-state index contributed by atoms with van der Waals surface area (Å²) in [5.41, 5.74) is 0.850. The zero-order valence-electron chi connectivity index (χ0n) is 7.51. The number of hydrogen-bond acceptors (Lipinski definition) is 2.